The van der Waals surface area contributed by atoms with Crippen molar-refractivity contribution in [1.82, 2.24) is 14.9 Å². The normalized spacial score (nSPS) is 12.3. The third-order valence-corrected chi connectivity index (χ3v) is 4.12. The summed E-state index contributed by atoms with van der Waals surface area (Å²) >= 11 is 6.15. The lowest BCUT2D eigenvalue weighted by molar-refractivity contribution is -0.110. The molecule has 0 bridgehead atoms. The van der Waals surface area contributed by atoms with E-state index in [0.29, 0.717) is 22.8 Å². The van der Waals surface area contributed by atoms with Crippen LogP contribution in [0.4, 0.5) is 4.39 Å². The van der Waals surface area contributed by atoms with Crippen LogP contribution in [0.1, 0.15) is 24.4 Å². The summed E-state index contributed by atoms with van der Waals surface area (Å²) in [5.41, 5.74) is 2.05. The van der Waals surface area contributed by atoms with Crippen LogP contribution in [0, 0.1) is 5.82 Å². The highest BCUT2D eigenvalue weighted by Crippen LogP contribution is 2.26. The van der Waals surface area contributed by atoms with Crippen LogP contribution >= 0.6 is 11.6 Å². The molecule has 6 heteroatoms. The number of hydrogen-bond donors (Lipinski definition) is 1. The molecular weight excluding hydrogens is 317 g/mol. The molecule has 1 atom stereocenters. The molecule has 0 aliphatic heterocycles. The molecule has 0 fully saturated rings. The van der Waals surface area contributed by atoms with E-state index in [1.165, 1.54) is 6.07 Å². The SMILES string of the molecule is C[C@@H](NC=O)c1nc2ccccc2n1Cc1c(F)cccc1Cl. The van der Waals surface area contributed by atoms with Crippen LogP contribution in [0.3, 0.4) is 0 Å². The smallest absolute Gasteiger partial charge is 0.207 e. The van der Waals surface area contributed by atoms with E-state index in [-0.39, 0.29) is 18.4 Å². The first kappa shape index (κ1) is 15.5. The molecule has 23 heavy (non-hydrogen) atoms. The number of imidazole rings is 1. The molecule has 0 saturated heterocycles. The number of hydrogen-bond acceptors (Lipinski definition) is 2. The maximum absolute atomic E-state index is 14.1. The van der Waals surface area contributed by atoms with Gasteiger partial charge in [0.15, 0.2) is 0 Å². The second kappa shape index (κ2) is 6.38. The lowest BCUT2D eigenvalue weighted by Crippen LogP contribution is -2.21. The van der Waals surface area contributed by atoms with E-state index in [1.807, 2.05) is 35.8 Å². The third kappa shape index (κ3) is 2.92. The lowest BCUT2D eigenvalue weighted by atomic mass is 10.2. The van der Waals surface area contributed by atoms with Gasteiger partial charge < -0.3 is 9.88 Å². The van der Waals surface area contributed by atoms with Gasteiger partial charge in [0.1, 0.15) is 11.6 Å². The highest BCUT2D eigenvalue weighted by atomic mass is 35.5. The number of aromatic nitrogens is 2. The molecule has 0 spiro atoms. The minimum absolute atomic E-state index is 0.242. The Bertz CT molecular complexity index is 842. The van der Waals surface area contributed by atoms with Gasteiger partial charge in [-0.05, 0) is 31.2 Å². The van der Waals surface area contributed by atoms with Crippen molar-refractivity contribution in [3.63, 3.8) is 0 Å². The number of halogens is 2. The van der Waals surface area contributed by atoms with Gasteiger partial charge in [0.25, 0.3) is 0 Å². The predicted octanol–water partition coefficient (Wildman–Crippen LogP) is 3.68. The zero-order valence-corrected chi connectivity index (χ0v) is 13.2. The molecule has 118 valence electrons. The number of nitrogens with one attached hydrogen (secondary N) is 1. The molecule has 1 amide bonds. The summed E-state index contributed by atoms with van der Waals surface area (Å²) in [6.45, 7) is 2.07. The minimum atomic E-state index is -0.364. The molecule has 0 saturated carbocycles. The average molecular weight is 332 g/mol. The van der Waals surface area contributed by atoms with E-state index >= 15 is 0 Å². The van der Waals surface area contributed by atoms with Gasteiger partial charge in [-0.3, -0.25) is 4.79 Å². The van der Waals surface area contributed by atoms with Crippen molar-refractivity contribution in [3.8, 4) is 0 Å². The molecule has 1 aromatic heterocycles. The van der Waals surface area contributed by atoms with E-state index in [9.17, 15) is 9.18 Å². The predicted molar refractivity (Wildman–Crippen MR) is 87.9 cm³/mol. The topological polar surface area (TPSA) is 46.9 Å². The Labute approximate surface area is 137 Å². The van der Waals surface area contributed by atoms with Gasteiger partial charge in [-0.2, -0.15) is 0 Å². The van der Waals surface area contributed by atoms with Crippen LogP contribution in [0.15, 0.2) is 42.5 Å². The van der Waals surface area contributed by atoms with Crippen LogP contribution in [-0.4, -0.2) is 16.0 Å². The number of rotatable bonds is 5. The Balaban J connectivity index is 2.14. The third-order valence-electron chi connectivity index (χ3n) is 3.77. The van der Waals surface area contributed by atoms with E-state index in [1.54, 1.807) is 12.1 Å². The van der Waals surface area contributed by atoms with Crippen molar-refractivity contribution in [2.75, 3.05) is 0 Å². The lowest BCUT2D eigenvalue weighted by Gasteiger charge is -2.15. The molecule has 0 radical (unpaired) electrons. The standard InChI is InChI=1S/C17H15ClFN3O/c1-11(20-10-23)17-21-15-7-2-3-8-16(15)22(17)9-12-13(18)5-4-6-14(12)19/h2-8,10-11H,9H2,1H3,(H,20,23)/t11-/m1/s1. The van der Waals surface area contributed by atoms with Crippen LogP contribution in [-0.2, 0) is 11.3 Å². The van der Waals surface area contributed by atoms with Gasteiger partial charge in [-0.25, -0.2) is 9.37 Å². The van der Waals surface area contributed by atoms with Gasteiger partial charge in [0.2, 0.25) is 6.41 Å². The van der Waals surface area contributed by atoms with Gasteiger partial charge >= 0.3 is 0 Å². The first-order valence-electron chi connectivity index (χ1n) is 7.19. The van der Waals surface area contributed by atoms with Crippen molar-refractivity contribution in [2.24, 2.45) is 0 Å². The molecule has 1 N–H and O–H groups in total. The van der Waals surface area contributed by atoms with Crippen LogP contribution in [0.2, 0.25) is 5.02 Å². The Morgan fingerprint density at radius 2 is 2.09 bits per heavy atom. The number of fused-ring (bicyclic) bond motifs is 1. The minimum Gasteiger partial charge on any atom is -0.349 e. The quantitative estimate of drug-likeness (QED) is 0.725. The van der Waals surface area contributed by atoms with Gasteiger partial charge in [-0.15, -0.1) is 0 Å². The molecule has 4 nitrogen and oxygen atoms in total. The monoisotopic (exact) mass is 331 g/mol. The highest BCUT2D eigenvalue weighted by Gasteiger charge is 2.18. The molecule has 0 aliphatic rings. The number of carbonyl (C=O) groups is 1. The molecular formula is C17H15ClFN3O. The first-order valence-corrected chi connectivity index (χ1v) is 7.57. The Hall–Kier alpha value is -2.40. The van der Waals surface area contributed by atoms with Crippen molar-refractivity contribution in [2.45, 2.75) is 19.5 Å². The largest absolute Gasteiger partial charge is 0.349 e. The zero-order valence-electron chi connectivity index (χ0n) is 12.5. The Morgan fingerprint density at radius 1 is 1.30 bits per heavy atom. The van der Waals surface area contributed by atoms with Crippen LogP contribution < -0.4 is 5.32 Å². The van der Waals surface area contributed by atoms with E-state index in [0.717, 1.165) is 11.0 Å². The van der Waals surface area contributed by atoms with Gasteiger partial charge in [0.05, 0.1) is 23.6 Å². The molecule has 0 unspecified atom stereocenters. The first-order chi connectivity index (χ1) is 11.1. The fourth-order valence-corrected chi connectivity index (χ4v) is 2.83. The summed E-state index contributed by atoms with van der Waals surface area (Å²) in [6, 6.07) is 11.9. The molecule has 0 aliphatic carbocycles. The second-order valence-electron chi connectivity index (χ2n) is 5.25. The maximum atomic E-state index is 14.1. The Kier molecular flexibility index (Phi) is 4.30. The van der Waals surface area contributed by atoms with Crippen molar-refractivity contribution in [3.05, 3.63) is 64.7 Å². The van der Waals surface area contributed by atoms with Crippen molar-refractivity contribution < 1.29 is 9.18 Å². The highest BCUT2D eigenvalue weighted by molar-refractivity contribution is 6.31. The second-order valence-corrected chi connectivity index (χ2v) is 5.66. The summed E-state index contributed by atoms with van der Waals surface area (Å²) in [5.74, 6) is 0.287. The number of benzene rings is 2. The number of nitrogens with zero attached hydrogens (tertiary/aromatic N) is 2. The summed E-state index contributed by atoms with van der Waals surface area (Å²) in [4.78, 5) is 15.3. The molecule has 3 aromatic rings. The summed E-state index contributed by atoms with van der Waals surface area (Å²) < 4.78 is 16.0. The number of carbonyl (C=O) groups excluding carboxylic acids is 1. The van der Waals surface area contributed by atoms with Crippen molar-refractivity contribution >= 4 is 29.0 Å². The average Bonchev–Trinajstić information content (AvgIpc) is 2.90. The summed E-state index contributed by atoms with van der Waals surface area (Å²) in [5, 5.41) is 3.05. The number of amides is 1. The molecule has 3 rings (SSSR count). The van der Waals surface area contributed by atoms with Crippen LogP contribution in [0.25, 0.3) is 11.0 Å². The fraction of sp³-hybridized carbons (Fsp3) is 0.176. The zero-order chi connectivity index (χ0) is 16.4. The Morgan fingerprint density at radius 3 is 2.83 bits per heavy atom. The van der Waals surface area contributed by atoms with Gasteiger partial charge in [-0.1, -0.05) is 29.8 Å². The van der Waals surface area contributed by atoms with E-state index < -0.39 is 0 Å². The molecule has 2 aromatic carbocycles. The van der Waals surface area contributed by atoms with Crippen LogP contribution in [0.5, 0.6) is 0 Å². The maximum Gasteiger partial charge on any atom is 0.207 e. The van der Waals surface area contributed by atoms with Crippen molar-refractivity contribution in [1.29, 1.82) is 0 Å². The summed E-state index contributed by atoms with van der Waals surface area (Å²) in [6.07, 6.45) is 0.629. The van der Waals surface area contributed by atoms with Gasteiger partial charge in [0, 0.05) is 10.6 Å². The summed E-state index contributed by atoms with van der Waals surface area (Å²) in [7, 11) is 0. The van der Waals surface area contributed by atoms with E-state index in [2.05, 4.69) is 10.3 Å². The molecule has 1 heterocycles. The number of para-hydroxylation sites is 2. The fourth-order valence-electron chi connectivity index (χ4n) is 2.61. The van der Waals surface area contributed by atoms with E-state index in [4.69, 9.17) is 11.6 Å².